The van der Waals surface area contributed by atoms with Crippen molar-refractivity contribution in [1.29, 1.82) is 5.26 Å². The second-order valence-corrected chi connectivity index (χ2v) is 4.56. The molecule has 0 fully saturated rings. The summed E-state index contributed by atoms with van der Waals surface area (Å²) in [6, 6.07) is 10.5. The normalized spacial score (nSPS) is 10.5. The van der Waals surface area contributed by atoms with Crippen LogP contribution in [0.2, 0.25) is 0 Å². The molecule has 2 N–H and O–H groups in total. The number of nitrogens with zero attached hydrogens (tertiary/aromatic N) is 2. The van der Waals surface area contributed by atoms with Crippen molar-refractivity contribution in [2.75, 3.05) is 5.32 Å². The molecular formula is C15H10F2N4. The number of imidazole rings is 1. The molecule has 21 heavy (non-hydrogen) atoms. The number of H-pyrrole nitrogens is 1. The molecule has 0 atom stereocenters. The minimum absolute atomic E-state index is 0.236. The lowest BCUT2D eigenvalue weighted by Gasteiger charge is -2.03. The monoisotopic (exact) mass is 284 g/mol. The first-order valence-electron chi connectivity index (χ1n) is 6.23. The SMILES string of the molecule is N#Cc1ccc2nc(NCc3cc(F)cc(F)c3)[nH]c2c1. The van der Waals surface area contributed by atoms with E-state index < -0.39 is 11.6 Å². The number of hydrogen-bond donors (Lipinski definition) is 2. The van der Waals surface area contributed by atoms with Crippen LogP contribution in [0.1, 0.15) is 11.1 Å². The maximum atomic E-state index is 13.1. The predicted octanol–water partition coefficient (Wildman–Crippen LogP) is 3.32. The summed E-state index contributed by atoms with van der Waals surface area (Å²) in [6.07, 6.45) is 0. The Kier molecular flexibility index (Phi) is 3.24. The fraction of sp³-hybridized carbons (Fsp3) is 0.0667. The van der Waals surface area contributed by atoms with Crippen LogP contribution in [0.25, 0.3) is 11.0 Å². The second-order valence-electron chi connectivity index (χ2n) is 4.56. The number of aromatic nitrogens is 2. The molecule has 0 spiro atoms. The van der Waals surface area contributed by atoms with Gasteiger partial charge in [-0.3, -0.25) is 0 Å². The van der Waals surface area contributed by atoms with Gasteiger partial charge in [-0.25, -0.2) is 13.8 Å². The van der Waals surface area contributed by atoms with Gasteiger partial charge < -0.3 is 10.3 Å². The summed E-state index contributed by atoms with van der Waals surface area (Å²) in [5.74, 6) is -0.755. The minimum atomic E-state index is -0.616. The molecule has 1 heterocycles. The molecule has 0 bridgehead atoms. The third kappa shape index (κ3) is 2.82. The van der Waals surface area contributed by atoms with E-state index in [1.54, 1.807) is 18.2 Å². The highest BCUT2D eigenvalue weighted by Gasteiger charge is 2.05. The Morgan fingerprint density at radius 1 is 1.14 bits per heavy atom. The summed E-state index contributed by atoms with van der Waals surface area (Å²) in [5.41, 5.74) is 2.44. The first kappa shape index (κ1) is 13.1. The van der Waals surface area contributed by atoms with Gasteiger partial charge in [-0.15, -0.1) is 0 Å². The second kappa shape index (κ2) is 5.21. The highest BCUT2D eigenvalue weighted by molar-refractivity contribution is 5.78. The highest BCUT2D eigenvalue weighted by Crippen LogP contribution is 2.17. The fourth-order valence-corrected chi connectivity index (χ4v) is 2.06. The van der Waals surface area contributed by atoms with Crippen LogP contribution in [0.5, 0.6) is 0 Å². The first-order chi connectivity index (χ1) is 10.1. The molecule has 0 radical (unpaired) electrons. The van der Waals surface area contributed by atoms with Crippen molar-refractivity contribution in [2.24, 2.45) is 0 Å². The average Bonchev–Trinajstić information content (AvgIpc) is 2.85. The average molecular weight is 284 g/mol. The van der Waals surface area contributed by atoms with Crippen LogP contribution in [0.15, 0.2) is 36.4 Å². The van der Waals surface area contributed by atoms with E-state index in [4.69, 9.17) is 5.26 Å². The van der Waals surface area contributed by atoms with Crippen LogP contribution < -0.4 is 5.32 Å². The van der Waals surface area contributed by atoms with E-state index in [1.807, 2.05) is 6.07 Å². The molecule has 1 aromatic heterocycles. The van der Waals surface area contributed by atoms with E-state index in [9.17, 15) is 8.78 Å². The molecule has 0 saturated carbocycles. The van der Waals surface area contributed by atoms with Crippen molar-refractivity contribution < 1.29 is 8.78 Å². The third-order valence-electron chi connectivity index (χ3n) is 2.99. The van der Waals surface area contributed by atoms with E-state index in [2.05, 4.69) is 15.3 Å². The van der Waals surface area contributed by atoms with Crippen LogP contribution in [-0.2, 0) is 6.54 Å². The van der Waals surface area contributed by atoms with Crippen LogP contribution >= 0.6 is 0 Å². The lowest BCUT2D eigenvalue weighted by Crippen LogP contribution is -2.01. The van der Waals surface area contributed by atoms with Crippen LogP contribution in [0.4, 0.5) is 14.7 Å². The molecule has 3 aromatic rings. The molecule has 104 valence electrons. The zero-order valence-electron chi connectivity index (χ0n) is 10.8. The number of hydrogen-bond acceptors (Lipinski definition) is 3. The summed E-state index contributed by atoms with van der Waals surface area (Å²) in [5, 5.41) is 11.8. The van der Waals surface area contributed by atoms with E-state index in [0.29, 0.717) is 22.6 Å². The van der Waals surface area contributed by atoms with E-state index >= 15 is 0 Å². The van der Waals surface area contributed by atoms with Crippen LogP contribution in [0, 0.1) is 23.0 Å². The maximum Gasteiger partial charge on any atom is 0.201 e. The van der Waals surface area contributed by atoms with Gasteiger partial charge in [0.25, 0.3) is 0 Å². The topological polar surface area (TPSA) is 64.5 Å². The van der Waals surface area contributed by atoms with Crippen molar-refractivity contribution in [1.82, 2.24) is 9.97 Å². The van der Waals surface area contributed by atoms with Gasteiger partial charge in [-0.1, -0.05) is 0 Å². The van der Waals surface area contributed by atoms with Gasteiger partial charge in [0.15, 0.2) is 0 Å². The van der Waals surface area contributed by atoms with E-state index in [-0.39, 0.29) is 6.54 Å². The fourth-order valence-electron chi connectivity index (χ4n) is 2.06. The zero-order valence-corrected chi connectivity index (χ0v) is 10.8. The summed E-state index contributed by atoms with van der Waals surface area (Å²) < 4.78 is 26.2. The predicted molar refractivity (Wildman–Crippen MR) is 74.5 cm³/mol. The number of benzene rings is 2. The van der Waals surface area contributed by atoms with Gasteiger partial charge in [-0.05, 0) is 35.9 Å². The molecule has 3 rings (SSSR count). The molecule has 0 amide bonds. The lowest BCUT2D eigenvalue weighted by atomic mass is 10.2. The molecule has 0 unspecified atom stereocenters. The molecule has 0 saturated heterocycles. The van der Waals surface area contributed by atoms with Crippen molar-refractivity contribution in [3.63, 3.8) is 0 Å². The zero-order chi connectivity index (χ0) is 14.8. The Labute approximate surface area is 119 Å². The maximum absolute atomic E-state index is 13.1. The standard InChI is InChI=1S/C15H10F2N4/c16-11-3-10(4-12(17)6-11)8-19-15-20-13-2-1-9(7-18)5-14(13)21-15/h1-6H,8H2,(H2,19,20,21). The number of nitrogens with one attached hydrogen (secondary N) is 2. The lowest BCUT2D eigenvalue weighted by molar-refractivity contribution is 0.580. The number of anilines is 1. The Hall–Kier alpha value is -2.94. The summed E-state index contributed by atoms with van der Waals surface area (Å²) in [4.78, 5) is 7.29. The number of rotatable bonds is 3. The molecule has 0 aliphatic rings. The quantitative estimate of drug-likeness (QED) is 0.775. The molecule has 0 aliphatic heterocycles. The van der Waals surface area contributed by atoms with Crippen molar-refractivity contribution >= 4 is 17.0 Å². The van der Waals surface area contributed by atoms with Crippen molar-refractivity contribution in [2.45, 2.75) is 6.54 Å². The molecule has 2 aromatic carbocycles. The molecule has 6 heteroatoms. The van der Waals surface area contributed by atoms with Gasteiger partial charge in [0, 0.05) is 12.6 Å². The van der Waals surface area contributed by atoms with E-state index in [1.165, 1.54) is 12.1 Å². The number of aromatic amines is 1. The van der Waals surface area contributed by atoms with Crippen LogP contribution in [0.3, 0.4) is 0 Å². The molecule has 4 nitrogen and oxygen atoms in total. The smallest absolute Gasteiger partial charge is 0.201 e. The largest absolute Gasteiger partial charge is 0.352 e. The summed E-state index contributed by atoms with van der Waals surface area (Å²) in [6.45, 7) is 0.236. The van der Waals surface area contributed by atoms with Gasteiger partial charge in [0.2, 0.25) is 5.95 Å². The van der Waals surface area contributed by atoms with Crippen molar-refractivity contribution in [3.8, 4) is 6.07 Å². The van der Waals surface area contributed by atoms with Gasteiger partial charge >= 0.3 is 0 Å². The van der Waals surface area contributed by atoms with Crippen LogP contribution in [-0.4, -0.2) is 9.97 Å². The van der Waals surface area contributed by atoms with Gasteiger partial charge in [0.1, 0.15) is 11.6 Å². The number of halogens is 2. The Bertz CT molecular complexity index is 828. The molecular weight excluding hydrogens is 274 g/mol. The number of fused-ring (bicyclic) bond motifs is 1. The third-order valence-corrected chi connectivity index (χ3v) is 2.99. The Morgan fingerprint density at radius 2 is 1.90 bits per heavy atom. The first-order valence-corrected chi connectivity index (χ1v) is 6.23. The molecule has 0 aliphatic carbocycles. The number of nitriles is 1. The minimum Gasteiger partial charge on any atom is -0.352 e. The summed E-state index contributed by atoms with van der Waals surface area (Å²) >= 11 is 0. The highest BCUT2D eigenvalue weighted by atomic mass is 19.1. The Morgan fingerprint density at radius 3 is 2.62 bits per heavy atom. The Balaban J connectivity index is 1.80. The van der Waals surface area contributed by atoms with Crippen molar-refractivity contribution in [3.05, 3.63) is 59.2 Å². The van der Waals surface area contributed by atoms with E-state index in [0.717, 1.165) is 11.6 Å². The summed E-state index contributed by atoms with van der Waals surface area (Å²) in [7, 11) is 0. The van der Waals surface area contributed by atoms with Gasteiger partial charge in [-0.2, -0.15) is 5.26 Å². The van der Waals surface area contributed by atoms with Gasteiger partial charge in [0.05, 0.1) is 22.7 Å².